The molecule has 1 aromatic heterocycles. The molecular weight excluding hydrogens is 374 g/mol. The van der Waals surface area contributed by atoms with E-state index in [1.54, 1.807) is 11.1 Å². The number of nitrogens with zero attached hydrogens (tertiary/aromatic N) is 2. The molecule has 0 unspecified atom stereocenters. The van der Waals surface area contributed by atoms with Gasteiger partial charge in [0.15, 0.2) is 0 Å². The van der Waals surface area contributed by atoms with Crippen molar-refractivity contribution < 1.29 is 19.4 Å². The van der Waals surface area contributed by atoms with Crippen LogP contribution in [0.1, 0.15) is 57.5 Å². The number of aliphatic hydroxyl groups excluding tert-OH is 1. The number of carbonyl (C=O) groups is 2. The summed E-state index contributed by atoms with van der Waals surface area (Å²) >= 11 is 0. The SMILES string of the molecule is CC(C)NC(=O)N[C@@H]1C[C@H](C(=O)N2CCOCC2)[C@@H](O)[C@H]1c1cnc(C(C)C)[nH]1. The number of hydrogen-bond acceptors (Lipinski definition) is 5. The quantitative estimate of drug-likeness (QED) is 0.579. The molecule has 3 rings (SSSR count). The summed E-state index contributed by atoms with van der Waals surface area (Å²) in [7, 11) is 0. The third-order valence-corrected chi connectivity index (χ3v) is 5.62. The van der Waals surface area contributed by atoms with Crippen LogP contribution in [-0.4, -0.2) is 76.4 Å². The van der Waals surface area contributed by atoms with Gasteiger partial charge in [0.05, 0.1) is 25.2 Å². The van der Waals surface area contributed by atoms with Crippen LogP contribution in [0.3, 0.4) is 0 Å². The first-order valence-corrected chi connectivity index (χ1v) is 10.4. The average molecular weight is 408 g/mol. The number of morpholine rings is 1. The molecule has 9 heteroatoms. The Labute approximate surface area is 171 Å². The largest absolute Gasteiger partial charge is 0.392 e. The van der Waals surface area contributed by atoms with Crippen LogP contribution in [0.4, 0.5) is 4.79 Å². The molecule has 2 fully saturated rings. The van der Waals surface area contributed by atoms with Gasteiger partial charge in [0.25, 0.3) is 0 Å². The lowest BCUT2D eigenvalue weighted by Crippen LogP contribution is -2.46. The third kappa shape index (κ3) is 4.90. The van der Waals surface area contributed by atoms with Crippen LogP contribution in [0.2, 0.25) is 0 Å². The van der Waals surface area contributed by atoms with Crippen LogP contribution in [0.5, 0.6) is 0 Å². The molecule has 0 spiro atoms. The molecule has 2 aliphatic rings. The van der Waals surface area contributed by atoms with Crippen molar-refractivity contribution >= 4 is 11.9 Å². The van der Waals surface area contributed by atoms with Crippen LogP contribution in [0.25, 0.3) is 0 Å². The van der Waals surface area contributed by atoms with Crippen molar-refractivity contribution in [3.63, 3.8) is 0 Å². The van der Waals surface area contributed by atoms with Gasteiger partial charge in [-0.3, -0.25) is 4.79 Å². The molecule has 0 aromatic carbocycles. The van der Waals surface area contributed by atoms with Gasteiger partial charge in [0.1, 0.15) is 5.82 Å². The van der Waals surface area contributed by atoms with Crippen LogP contribution in [0, 0.1) is 5.92 Å². The van der Waals surface area contributed by atoms with E-state index < -0.39 is 17.9 Å². The Hall–Kier alpha value is -2.13. The van der Waals surface area contributed by atoms with Crippen molar-refractivity contribution in [2.45, 2.75) is 64.1 Å². The lowest BCUT2D eigenvalue weighted by molar-refractivity contribution is -0.142. The predicted molar refractivity (Wildman–Crippen MR) is 108 cm³/mol. The Balaban J connectivity index is 1.82. The maximum Gasteiger partial charge on any atom is 0.315 e. The first-order chi connectivity index (χ1) is 13.8. The molecule has 2 heterocycles. The van der Waals surface area contributed by atoms with E-state index in [0.29, 0.717) is 32.7 Å². The number of hydrogen-bond donors (Lipinski definition) is 4. The normalized spacial score (nSPS) is 27.5. The number of aromatic nitrogens is 2. The zero-order valence-corrected chi connectivity index (χ0v) is 17.6. The summed E-state index contributed by atoms with van der Waals surface area (Å²) < 4.78 is 5.33. The van der Waals surface area contributed by atoms with Gasteiger partial charge in [-0.05, 0) is 20.3 Å². The van der Waals surface area contributed by atoms with Crippen molar-refractivity contribution in [2.24, 2.45) is 5.92 Å². The van der Waals surface area contributed by atoms with Gasteiger partial charge in [-0.15, -0.1) is 0 Å². The predicted octanol–water partition coefficient (Wildman–Crippen LogP) is 0.933. The molecule has 1 saturated heterocycles. The molecule has 29 heavy (non-hydrogen) atoms. The van der Waals surface area contributed by atoms with Gasteiger partial charge >= 0.3 is 6.03 Å². The minimum absolute atomic E-state index is 0.00902. The molecule has 1 aromatic rings. The number of carbonyl (C=O) groups excluding carboxylic acids is 2. The molecular formula is C20H33N5O4. The summed E-state index contributed by atoms with van der Waals surface area (Å²) in [4.78, 5) is 34.8. The first kappa shape index (κ1) is 21.6. The molecule has 4 atom stereocenters. The number of ether oxygens (including phenoxy) is 1. The number of H-pyrrole nitrogens is 1. The zero-order valence-electron chi connectivity index (χ0n) is 17.6. The van der Waals surface area contributed by atoms with Crippen LogP contribution in [-0.2, 0) is 9.53 Å². The molecule has 1 aliphatic carbocycles. The van der Waals surface area contributed by atoms with Gasteiger partial charge in [-0.1, -0.05) is 13.8 Å². The average Bonchev–Trinajstić information content (AvgIpc) is 3.26. The highest BCUT2D eigenvalue weighted by atomic mass is 16.5. The molecule has 9 nitrogen and oxygen atoms in total. The van der Waals surface area contributed by atoms with E-state index in [1.165, 1.54) is 0 Å². The smallest absolute Gasteiger partial charge is 0.315 e. The van der Waals surface area contributed by atoms with E-state index in [9.17, 15) is 14.7 Å². The summed E-state index contributed by atoms with van der Waals surface area (Å²) in [6.07, 6.45) is 1.18. The van der Waals surface area contributed by atoms with E-state index in [0.717, 1.165) is 11.5 Å². The Morgan fingerprint density at radius 3 is 2.55 bits per heavy atom. The maximum absolute atomic E-state index is 13.1. The fourth-order valence-corrected chi connectivity index (χ4v) is 4.15. The summed E-state index contributed by atoms with van der Waals surface area (Å²) in [6.45, 7) is 9.91. The minimum Gasteiger partial charge on any atom is -0.392 e. The number of imidazole rings is 1. The van der Waals surface area contributed by atoms with E-state index in [4.69, 9.17) is 4.74 Å². The Morgan fingerprint density at radius 1 is 1.28 bits per heavy atom. The Kier molecular flexibility index (Phi) is 6.79. The molecule has 3 amide bonds. The lowest BCUT2D eigenvalue weighted by atomic mass is 9.95. The van der Waals surface area contributed by atoms with Gasteiger partial charge in [0.2, 0.25) is 5.91 Å². The van der Waals surface area contributed by atoms with E-state index in [-0.39, 0.29) is 29.9 Å². The maximum atomic E-state index is 13.1. The van der Waals surface area contributed by atoms with Crippen LogP contribution >= 0.6 is 0 Å². The first-order valence-electron chi connectivity index (χ1n) is 10.4. The van der Waals surface area contributed by atoms with Crippen molar-refractivity contribution in [3.05, 3.63) is 17.7 Å². The molecule has 0 radical (unpaired) electrons. The second-order valence-corrected chi connectivity index (χ2v) is 8.55. The van der Waals surface area contributed by atoms with Crippen LogP contribution < -0.4 is 10.6 Å². The molecule has 1 aliphatic heterocycles. The number of aromatic amines is 1. The number of rotatable bonds is 5. The summed E-state index contributed by atoms with van der Waals surface area (Å²) in [5, 5.41) is 16.9. The summed E-state index contributed by atoms with van der Waals surface area (Å²) in [5.41, 5.74) is 0.744. The van der Waals surface area contributed by atoms with E-state index in [1.807, 2.05) is 27.7 Å². The zero-order chi connectivity index (χ0) is 21.1. The van der Waals surface area contributed by atoms with Crippen molar-refractivity contribution in [1.82, 2.24) is 25.5 Å². The Bertz CT molecular complexity index is 713. The Morgan fingerprint density at radius 2 is 1.97 bits per heavy atom. The number of urea groups is 1. The number of amides is 3. The second kappa shape index (κ2) is 9.13. The minimum atomic E-state index is -0.907. The molecule has 162 valence electrons. The highest BCUT2D eigenvalue weighted by Gasteiger charge is 2.49. The number of nitrogens with one attached hydrogen (secondary N) is 3. The van der Waals surface area contributed by atoms with Gasteiger partial charge in [0, 0.05) is 48.9 Å². The fourth-order valence-electron chi connectivity index (χ4n) is 4.15. The topological polar surface area (TPSA) is 120 Å². The molecule has 0 bridgehead atoms. The van der Waals surface area contributed by atoms with E-state index >= 15 is 0 Å². The summed E-state index contributed by atoms with van der Waals surface area (Å²) in [5.74, 6) is -0.0524. The fraction of sp³-hybridized carbons (Fsp3) is 0.750. The lowest BCUT2D eigenvalue weighted by Gasteiger charge is -2.30. The highest BCUT2D eigenvalue weighted by Crippen LogP contribution is 2.39. The highest BCUT2D eigenvalue weighted by molar-refractivity contribution is 5.81. The standard InChI is InChI=1S/C20H33N5O4/c1-11(2)18-21-10-15(23-18)16-14(24-20(28)22-12(3)4)9-13(17(16)26)19(27)25-5-7-29-8-6-25/h10-14,16-17,26H,5-9H2,1-4H3,(H,21,23)(H2,22,24,28)/t13-,14+,16+,17+/m0/s1. The van der Waals surface area contributed by atoms with Gasteiger partial charge in [-0.2, -0.15) is 0 Å². The van der Waals surface area contributed by atoms with Gasteiger partial charge < -0.3 is 30.4 Å². The third-order valence-electron chi connectivity index (χ3n) is 5.62. The van der Waals surface area contributed by atoms with Crippen molar-refractivity contribution in [2.75, 3.05) is 26.3 Å². The number of aliphatic hydroxyl groups is 1. The summed E-state index contributed by atoms with van der Waals surface area (Å²) in [6, 6.07) is -0.685. The molecule has 1 saturated carbocycles. The van der Waals surface area contributed by atoms with Gasteiger partial charge in [-0.25, -0.2) is 9.78 Å². The van der Waals surface area contributed by atoms with Crippen LogP contribution in [0.15, 0.2) is 6.20 Å². The van der Waals surface area contributed by atoms with E-state index in [2.05, 4.69) is 20.6 Å². The second-order valence-electron chi connectivity index (χ2n) is 8.55. The van der Waals surface area contributed by atoms with Crippen molar-refractivity contribution in [3.8, 4) is 0 Å². The van der Waals surface area contributed by atoms with Crippen molar-refractivity contribution in [1.29, 1.82) is 0 Å². The molecule has 4 N–H and O–H groups in total. The monoisotopic (exact) mass is 407 g/mol.